The molecule has 1 amide bonds. The van der Waals surface area contributed by atoms with Gasteiger partial charge in [0.25, 0.3) is 0 Å². The summed E-state index contributed by atoms with van der Waals surface area (Å²) in [6.07, 6.45) is 1.19. The maximum absolute atomic E-state index is 11.4. The smallest absolute Gasteiger partial charge is 0.222 e. The number of amides is 1. The van der Waals surface area contributed by atoms with Crippen LogP contribution in [0.3, 0.4) is 0 Å². The quantitative estimate of drug-likeness (QED) is 0.614. The van der Waals surface area contributed by atoms with Gasteiger partial charge in [0.2, 0.25) is 5.91 Å². The molecule has 0 fully saturated rings. The van der Waals surface area contributed by atoms with Crippen molar-refractivity contribution in [3.8, 4) is 0 Å². The van der Waals surface area contributed by atoms with Crippen molar-refractivity contribution >= 4 is 5.91 Å². The Balaban J connectivity index is 3.77. The molecule has 0 aromatic heterocycles. The van der Waals surface area contributed by atoms with Crippen LogP contribution in [-0.2, 0) is 4.79 Å². The van der Waals surface area contributed by atoms with Crippen molar-refractivity contribution in [3.05, 3.63) is 0 Å². The Labute approximate surface area is 79.7 Å². The fourth-order valence-electron chi connectivity index (χ4n) is 1.09. The molecule has 13 heavy (non-hydrogen) atoms. The van der Waals surface area contributed by atoms with Crippen molar-refractivity contribution in [2.75, 3.05) is 19.7 Å². The van der Waals surface area contributed by atoms with Crippen LogP contribution < -0.4 is 5.73 Å². The molecule has 3 N–H and O–H groups in total. The third-order valence-electron chi connectivity index (χ3n) is 1.92. The molecule has 0 heterocycles. The first-order valence-electron chi connectivity index (χ1n) is 4.76. The molecular formula is C9H20N2O2. The van der Waals surface area contributed by atoms with Crippen LogP contribution in [0.25, 0.3) is 0 Å². The van der Waals surface area contributed by atoms with Crippen molar-refractivity contribution < 1.29 is 9.90 Å². The lowest BCUT2D eigenvalue weighted by atomic mass is 10.2. The summed E-state index contributed by atoms with van der Waals surface area (Å²) in [6.45, 7) is 4.89. The molecule has 0 aliphatic rings. The highest BCUT2D eigenvalue weighted by atomic mass is 16.3. The minimum atomic E-state index is 0.0256. The molecule has 0 aliphatic carbocycles. The summed E-state index contributed by atoms with van der Waals surface area (Å²) in [5.74, 6) is 0.0776. The summed E-state index contributed by atoms with van der Waals surface area (Å²) < 4.78 is 0. The predicted octanol–water partition coefficient (Wildman–Crippen LogP) is -0.0454. The zero-order valence-electron chi connectivity index (χ0n) is 8.49. The van der Waals surface area contributed by atoms with E-state index in [2.05, 4.69) is 0 Å². The van der Waals surface area contributed by atoms with E-state index in [1.165, 1.54) is 0 Å². The van der Waals surface area contributed by atoms with E-state index in [0.29, 0.717) is 25.9 Å². The number of hydrogen-bond acceptors (Lipinski definition) is 3. The lowest BCUT2D eigenvalue weighted by Gasteiger charge is -2.19. The molecule has 0 radical (unpaired) electrons. The highest BCUT2D eigenvalue weighted by molar-refractivity contribution is 5.76. The van der Waals surface area contributed by atoms with E-state index >= 15 is 0 Å². The number of aliphatic hydroxyl groups is 1. The second-order valence-electron chi connectivity index (χ2n) is 3.21. The van der Waals surface area contributed by atoms with E-state index in [1.807, 2.05) is 13.8 Å². The molecule has 0 aromatic carbocycles. The van der Waals surface area contributed by atoms with Gasteiger partial charge in [-0.25, -0.2) is 0 Å². The first-order chi connectivity index (χ1) is 6.11. The Kier molecular flexibility index (Phi) is 6.54. The van der Waals surface area contributed by atoms with Crippen LogP contribution in [0.2, 0.25) is 0 Å². The highest BCUT2D eigenvalue weighted by Gasteiger charge is 2.10. The molecule has 0 rings (SSSR count). The lowest BCUT2D eigenvalue weighted by Crippen LogP contribution is -2.34. The zero-order valence-corrected chi connectivity index (χ0v) is 8.49. The topological polar surface area (TPSA) is 66.6 Å². The van der Waals surface area contributed by atoms with Gasteiger partial charge < -0.3 is 15.7 Å². The molecular weight excluding hydrogens is 168 g/mol. The Bertz CT molecular complexity index is 149. The molecule has 0 aromatic rings. The molecule has 1 atom stereocenters. The second kappa shape index (κ2) is 6.86. The number of nitrogens with zero attached hydrogens (tertiary/aromatic N) is 1. The summed E-state index contributed by atoms with van der Waals surface area (Å²) >= 11 is 0. The van der Waals surface area contributed by atoms with Crippen molar-refractivity contribution in [2.45, 2.75) is 32.7 Å². The SMILES string of the molecule is CCN(CCO)C(=O)CCC(C)N. The van der Waals surface area contributed by atoms with Crippen LogP contribution in [0.4, 0.5) is 0 Å². The van der Waals surface area contributed by atoms with Crippen molar-refractivity contribution in [1.29, 1.82) is 0 Å². The molecule has 0 aliphatic heterocycles. The molecule has 4 nitrogen and oxygen atoms in total. The predicted molar refractivity (Wildman–Crippen MR) is 52.2 cm³/mol. The normalized spacial score (nSPS) is 12.6. The van der Waals surface area contributed by atoms with Gasteiger partial charge in [-0.1, -0.05) is 0 Å². The first kappa shape index (κ1) is 12.4. The Morgan fingerprint density at radius 3 is 2.62 bits per heavy atom. The minimum absolute atomic E-state index is 0.0256. The second-order valence-corrected chi connectivity index (χ2v) is 3.21. The molecule has 78 valence electrons. The molecule has 1 unspecified atom stereocenters. The highest BCUT2D eigenvalue weighted by Crippen LogP contribution is 1.99. The van der Waals surface area contributed by atoms with E-state index in [0.717, 1.165) is 0 Å². The number of nitrogens with two attached hydrogens (primary N) is 1. The summed E-state index contributed by atoms with van der Waals surface area (Å²) in [5, 5.41) is 8.68. The molecule has 0 saturated carbocycles. The molecule has 4 heteroatoms. The van der Waals surface area contributed by atoms with Crippen LogP contribution in [0.5, 0.6) is 0 Å². The van der Waals surface area contributed by atoms with Gasteiger partial charge in [-0.15, -0.1) is 0 Å². The lowest BCUT2D eigenvalue weighted by molar-refractivity contribution is -0.131. The number of carbonyl (C=O) groups is 1. The largest absolute Gasteiger partial charge is 0.395 e. The Hall–Kier alpha value is -0.610. The molecule has 0 saturated heterocycles. The van der Waals surface area contributed by atoms with E-state index in [4.69, 9.17) is 10.8 Å². The number of rotatable bonds is 6. The fourth-order valence-corrected chi connectivity index (χ4v) is 1.09. The minimum Gasteiger partial charge on any atom is -0.395 e. The van der Waals surface area contributed by atoms with Gasteiger partial charge in [0.05, 0.1) is 6.61 Å². The van der Waals surface area contributed by atoms with E-state index in [-0.39, 0.29) is 18.6 Å². The van der Waals surface area contributed by atoms with Gasteiger partial charge in [-0.3, -0.25) is 4.79 Å². The van der Waals surface area contributed by atoms with Crippen molar-refractivity contribution in [2.24, 2.45) is 5.73 Å². The standard InChI is InChI=1S/C9H20N2O2/c1-3-11(6-7-12)9(13)5-4-8(2)10/h8,12H,3-7,10H2,1-2H3. The van der Waals surface area contributed by atoms with Gasteiger partial charge in [0, 0.05) is 25.6 Å². The summed E-state index contributed by atoms with van der Waals surface area (Å²) in [6, 6.07) is 0.0665. The first-order valence-corrected chi connectivity index (χ1v) is 4.76. The Morgan fingerprint density at radius 2 is 2.23 bits per heavy atom. The van der Waals surface area contributed by atoms with E-state index in [1.54, 1.807) is 4.90 Å². The number of carbonyl (C=O) groups excluding carboxylic acids is 1. The van der Waals surface area contributed by atoms with Gasteiger partial charge in [-0.2, -0.15) is 0 Å². The zero-order chi connectivity index (χ0) is 10.3. The van der Waals surface area contributed by atoms with Crippen LogP contribution in [-0.4, -0.2) is 41.7 Å². The maximum atomic E-state index is 11.4. The maximum Gasteiger partial charge on any atom is 0.222 e. The van der Waals surface area contributed by atoms with Crippen LogP contribution in [0.1, 0.15) is 26.7 Å². The van der Waals surface area contributed by atoms with Gasteiger partial charge >= 0.3 is 0 Å². The van der Waals surface area contributed by atoms with Gasteiger partial charge in [-0.05, 0) is 20.3 Å². The van der Waals surface area contributed by atoms with Crippen molar-refractivity contribution in [1.82, 2.24) is 4.90 Å². The summed E-state index contributed by atoms with van der Waals surface area (Å²) in [7, 11) is 0. The van der Waals surface area contributed by atoms with Gasteiger partial charge in [0.1, 0.15) is 0 Å². The number of hydrogen-bond donors (Lipinski definition) is 2. The third-order valence-corrected chi connectivity index (χ3v) is 1.92. The number of aliphatic hydroxyl groups excluding tert-OH is 1. The van der Waals surface area contributed by atoms with Crippen molar-refractivity contribution in [3.63, 3.8) is 0 Å². The van der Waals surface area contributed by atoms with Crippen LogP contribution in [0.15, 0.2) is 0 Å². The Morgan fingerprint density at radius 1 is 1.62 bits per heavy atom. The van der Waals surface area contributed by atoms with Gasteiger partial charge in [0.15, 0.2) is 0 Å². The molecule has 0 spiro atoms. The molecule has 0 bridgehead atoms. The van der Waals surface area contributed by atoms with Crippen LogP contribution in [0, 0.1) is 0 Å². The van der Waals surface area contributed by atoms with E-state index in [9.17, 15) is 4.79 Å². The monoisotopic (exact) mass is 188 g/mol. The summed E-state index contributed by atoms with van der Waals surface area (Å²) in [4.78, 5) is 13.1. The average Bonchev–Trinajstić information content (AvgIpc) is 2.10. The van der Waals surface area contributed by atoms with E-state index < -0.39 is 0 Å². The average molecular weight is 188 g/mol. The van der Waals surface area contributed by atoms with Crippen LogP contribution >= 0.6 is 0 Å². The third kappa shape index (κ3) is 5.60. The fraction of sp³-hybridized carbons (Fsp3) is 0.889. The summed E-state index contributed by atoms with van der Waals surface area (Å²) in [5.41, 5.74) is 5.54. The number of likely N-dealkylation sites (N-methyl/N-ethyl adjacent to an activating group) is 1.